The fraction of sp³-hybridized carbons (Fsp3) is 0.133. The van der Waals surface area contributed by atoms with Crippen molar-refractivity contribution in [2.45, 2.75) is 12.7 Å². The van der Waals surface area contributed by atoms with Gasteiger partial charge in [0.1, 0.15) is 6.54 Å². The Morgan fingerprint density at radius 1 is 1.00 bits per heavy atom. The summed E-state index contributed by atoms with van der Waals surface area (Å²) >= 11 is 0. The van der Waals surface area contributed by atoms with Gasteiger partial charge in [0.25, 0.3) is 17.4 Å². The first-order valence-corrected chi connectivity index (χ1v) is 6.69. The van der Waals surface area contributed by atoms with Crippen LogP contribution in [0.3, 0.4) is 0 Å². The van der Waals surface area contributed by atoms with Gasteiger partial charge in [-0.25, -0.2) is 0 Å². The van der Waals surface area contributed by atoms with Gasteiger partial charge in [-0.05, 0) is 18.2 Å². The van der Waals surface area contributed by atoms with E-state index in [0.29, 0.717) is 16.8 Å². The van der Waals surface area contributed by atoms with E-state index in [1.807, 2.05) is 5.43 Å². The topological polar surface area (TPSA) is 80.2 Å². The molecule has 0 aliphatic carbocycles. The van der Waals surface area contributed by atoms with Crippen LogP contribution in [0.1, 0.15) is 15.9 Å². The van der Waals surface area contributed by atoms with Crippen molar-refractivity contribution in [2.75, 3.05) is 0 Å². The number of hydrogen-bond donors (Lipinski definition) is 2. The summed E-state index contributed by atoms with van der Waals surface area (Å²) < 4.78 is 38.4. The van der Waals surface area contributed by atoms with E-state index in [0.717, 1.165) is 6.07 Å². The van der Waals surface area contributed by atoms with E-state index in [1.165, 1.54) is 12.1 Å². The van der Waals surface area contributed by atoms with Gasteiger partial charge in [-0.2, -0.15) is 13.2 Å². The quantitative estimate of drug-likeness (QED) is 0.828. The number of hydrazine groups is 1. The molecule has 1 aromatic heterocycles. The van der Waals surface area contributed by atoms with E-state index in [1.54, 1.807) is 18.2 Å². The summed E-state index contributed by atoms with van der Waals surface area (Å²) in [6.07, 6.45) is -4.09. The predicted molar refractivity (Wildman–Crippen MR) is 77.8 cm³/mol. The van der Waals surface area contributed by atoms with E-state index in [4.69, 9.17) is 0 Å². The van der Waals surface area contributed by atoms with Crippen molar-refractivity contribution in [3.63, 3.8) is 0 Å². The molecule has 0 atom stereocenters. The van der Waals surface area contributed by atoms with E-state index < -0.39 is 35.7 Å². The summed E-state index contributed by atoms with van der Waals surface area (Å²) in [6, 6.07) is 9.33. The summed E-state index contributed by atoms with van der Waals surface area (Å²) in [4.78, 5) is 34.9. The second-order valence-electron chi connectivity index (χ2n) is 4.75. The fourth-order valence-corrected chi connectivity index (χ4v) is 1.81. The summed E-state index contributed by atoms with van der Waals surface area (Å²) in [5, 5.41) is 0. The standard InChI is InChI=1S/C15H12F3N3O3/c16-15(17,18)11-6-7-13(23)21(8-11)9-12(22)19-20-14(24)10-4-2-1-3-5-10/h1-8H,9H2,(H,19,22)(H,20,24). The number of rotatable bonds is 3. The molecule has 2 aromatic rings. The molecule has 0 saturated carbocycles. The summed E-state index contributed by atoms with van der Waals surface area (Å²) in [6.45, 7) is -0.669. The lowest BCUT2D eigenvalue weighted by Crippen LogP contribution is -2.44. The SMILES string of the molecule is O=C(Cn1cc(C(F)(F)F)ccc1=O)NNC(=O)c1ccccc1. The highest BCUT2D eigenvalue weighted by Gasteiger charge is 2.31. The molecule has 2 N–H and O–H groups in total. The maximum absolute atomic E-state index is 12.6. The Morgan fingerprint density at radius 2 is 1.67 bits per heavy atom. The number of amides is 2. The lowest BCUT2D eigenvalue weighted by molar-refractivity contribution is -0.138. The molecule has 0 spiro atoms. The number of hydrogen-bond acceptors (Lipinski definition) is 3. The Kier molecular flexibility index (Phi) is 5.02. The number of nitrogens with zero attached hydrogens (tertiary/aromatic N) is 1. The Hall–Kier alpha value is -3.10. The third-order valence-electron chi connectivity index (χ3n) is 2.98. The molecule has 9 heteroatoms. The van der Waals surface area contributed by atoms with Gasteiger partial charge in [0, 0.05) is 17.8 Å². The van der Waals surface area contributed by atoms with Crippen LogP contribution in [0, 0.1) is 0 Å². The van der Waals surface area contributed by atoms with Gasteiger partial charge < -0.3 is 4.57 Å². The monoisotopic (exact) mass is 339 g/mol. The number of aromatic nitrogens is 1. The first kappa shape index (κ1) is 17.3. The van der Waals surface area contributed by atoms with E-state index in [-0.39, 0.29) is 5.56 Å². The molecule has 0 fully saturated rings. The number of pyridine rings is 1. The maximum Gasteiger partial charge on any atom is 0.417 e. The second-order valence-corrected chi connectivity index (χ2v) is 4.75. The van der Waals surface area contributed by atoms with E-state index in [9.17, 15) is 27.6 Å². The van der Waals surface area contributed by atoms with Gasteiger partial charge in [0.05, 0.1) is 5.56 Å². The number of nitrogens with one attached hydrogen (secondary N) is 2. The van der Waals surface area contributed by atoms with Crippen molar-refractivity contribution in [1.82, 2.24) is 15.4 Å². The van der Waals surface area contributed by atoms with Crippen molar-refractivity contribution >= 4 is 11.8 Å². The first-order chi connectivity index (χ1) is 11.3. The first-order valence-electron chi connectivity index (χ1n) is 6.69. The van der Waals surface area contributed by atoms with Gasteiger partial charge in [-0.3, -0.25) is 25.2 Å². The summed E-state index contributed by atoms with van der Waals surface area (Å²) in [7, 11) is 0. The largest absolute Gasteiger partial charge is 0.417 e. The highest BCUT2D eigenvalue weighted by molar-refractivity contribution is 5.95. The normalized spacial score (nSPS) is 11.0. The van der Waals surface area contributed by atoms with Crippen LogP contribution in [-0.2, 0) is 17.5 Å². The summed E-state index contributed by atoms with van der Waals surface area (Å²) in [5.74, 6) is -1.44. The maximum atomic E-state index is 12.6. The number of carbonyl (C=O) groups excluding carboxylic acids is 2. The molecule has 126 valence electrons. The lowest BCUT2D eigenvalue weighted by Gasteiger charge is -2.11. The van der Waals surface area contributed by atoms with Gasteiger partial charge in [0.15, 0.2) is 0 Å². The van der Waals surface area contributed by atoms with Crippen LogP contribution < -0.4 is 16.4 Å². The highest BCUT2D eigenvalue weighted by atomic mass is 19.4. The van der Waals surface area contributed by atoms with Gasteiger partial charge >= 0.3 is 6.18 Å². The molecule has 0 unspecified atom stereocenters. The molecule has 1 aromatic carbocycles. The average molecular weight is 339 g/mol. The molecule has 6 nitrogen and oxygen atoms in total. The Balaban J connectivity index is 2.00. The molecular formula is C15H12F3N3O3. The van der Waals surface area contributed by atoms with Crippen LogP contribution in [0.4, 0.5) is 13.2 Å². The van der Waals surface area contributed by atoms with Crippen molar-refractivity contribution in [1.29, 1.82) is 0 Å². The minimum absolute atomic E-state index is 0.286. The molecule has 24 heavy (non-hydrogen) atoms. The van der Waals surface area contributed by atoms with E-state index >= 15 is 0 Å². The molecule has 1 heterocycles. The van der Waals surface area contributed by atoms with Gasteiger partial charge in [-0.1, -0.05) is 18.2 Å². The second kappa shape index (κ2) is 6.99. The zero-order valence-electron chi connectivity index (χ0n) is 12.1. The molecule has 2 rings (SSSR count). The number of halogens is 3. The summed E-state index contributed by atoms with van der Waals surface area (Å²) in [5.41, 5.74) is 2.61. The van der Waals surface area contributed by atoms with Crippen molar-refractivity contribution < 1.29 is 22.8 Å². The van der Waals surface area contributed by atoms with E-state index in [2.05, 4.69) is 5.43 Å². The molecule has 0 aliphatic rings. The Labute approximate surface area is 133 Å². The van der Waals surface area contributed by atoms with Crippen LogP contribution in [0.15, 0.2) is 53.5 Å². The molecule has 2 amide bonds. The minimum Gasteiger partial charge on any atom is -0.305 e. The highest BCUT2D eigenvalue weighted by Crippen LogP contribution is 2.27. The van der Waals surface area contributed by atoms with Crippen LogP contribution in [-0.4, -0.2) is 16.4 Å². The third kappa shape index (κ3) is 4.45. The number of carbonyl (C=O) groups is 2. The molecule has 0 aliphatic heterocycles. The Bertz CT molecular complexity index is 801. The zero-order chi connectivity index (χ0) is 17.7. The van der Waals surface area contributed by atoms with Gasteiger partial charge in [-0.15, -0.1) is 0 Å². The van der Waals surface area contributed by atoms with Crippen LogP contribution in [0.5, 0.6) is 0 Å². The third-order valence-corrected chi connectivity index (χ3v) is 2.98. The van der Waals surface area contributed by atoms with Crippen molar-refractivity contribution in [3.8, 4) is 0 Å². The average Bonchev–Trinajstić information content (AvgIpc) is 2.54. The van der Waals surface area contributed by atoms with Crippen LogP contribution in [0.25, 0.3) is 0 Å². The Morgan fingerprint density at radius 3 is 2.29 bits per heavy atom. The van der Waals surface area contributed by atoms with Crippen LogP contribution in [0.2, 0.25) is 0 Å². The lowest BCUT2D eigenvalue weighted by atomic mass is 10.2. The fourth-order valence-electron chi connectivity index (χ4n) is 1.81. The number of benzene rings is 1. The molecular weight excluding hydrogens is 327 g/mol. The molecule has 0 bridgehead atoms. The molecule has 0 saturated heterocycles. The predicted octanol–water partition coefficient (Wildman–Crippen LogP) is 1.33. The van der Waals surface area contributed by atoms with Crippen LogP contribution >= 0.6 is 0 Å². The van der Waals surface area contributed by atoms with Crippen molar-refractivity contribution in [3.05, 3.63) is 70.1 Å². The van der Waals surface area contributed by atoms with Crippen molar-refractivity contribution in [2.24, 2.45) is 0 Å². The zero-order valence-corrected chi connectivity index (χ0v) is 12.1. The number of alkyl halides is 3. The molecule has 0 radical (unpaired) electrons. The smallest absolute Gasteiger partial charge is 0.305 e. The minimum atomic E-state index is -4.63. The van der Waals surface area contributed by atoms with Gasteiger partial charge in [0.2, 0.25) is 0 Å².